The van der Waals surface area contributed by atoms with E-state index in [1.807, 2.05) is 0 Å². The molecular formula is C21H21F4N5O3S. The third kappa shape index (κ3) is 4.46. The number of halogens is 4. The van der Waals surface area contributed by atoms with Crippen molar-refractivity contribution in [2.24, 2.45) is 0 Å². The van der Waals surface area contributed by atoms with Crippen LogP contribution in [-0.2, 0) is 11.2 Å². The molecule has 2 saturated heterocycles. The smallest absolute Gasteiger partial charge is 0.383 e. The lowest BCUT2D eigenvalue weighted by Crippen LogP contribution is -2.45. The van der Waals surface area contributed by atoms with Crippen LogP contribution in [0.1, 0.15) is 30.3 Å². The van der Waals surface area contributed by atoms with Gasteiger partial charge in [0.2, 0.25) is 17.6 Å². The summed E-state index contributed by atoms with van der Waals surface area (Å²) in [6, 6.07) is 3.75. The minimum atomic E-state index is -4.48. The van der Waals surface area contributed by atoms with Gasteiger partial charge in [-0.25, -0.2) is 4.39 Å². The Labute approximate surface area is 194 Å². The molecule has 3 aromatic rings. The van der Waals surface area contributed by atoms with E-state index in [2.05, 4.69) is 26.1 Å². The zero-order valence-corrected chi connectivity index (χ0v) is 18.5. The molecule has 0 saturated carbocycles. The Morgan fingerprint density at radius 3 is 2.85 bits per heavy atom. The van der Waals surface area contributed by atoms with Crippen molar-refractivity contribution in [3.63, 3.8) is 0 Å². The Morgan fingerprint density at radius 1 is 1.32 bits per heavy atom. The summed E-state index contributed by atoms with van der Waals surface area (Å²) in [5.41, 5.74) is 0.544. The minimum Gasteiger partial charge on any atom is -0.383 e. The van der Waals surface area contributed by atoms with E-state index in [4.69, 9.17) is 4.52 Å². The van der Waals surface area contributed by atoms with Gasteiger partial charge in [0, 0.05) is 13.0 Å². The standard InChI is InChI=1S/C21H21F4N5O3S/c22-11-8-26-5-4-12(11)27-13-3-1-2-9-10(7-21(23,24)25)17(34-16(9)13)18-29-20(33-30-18)14-6-15(31)19(32)28-14/h1-3,11-12,14-15,26-27,31H,4-8H2,(H,28,32)/t11-,12+,14-,15+/m0/s1. The van der Waals surface area contributed by atoms with E-state index >= 15 is 0 Å². The fraction of sp³-hybridized carbons (Fsp3) is 0.476. The van der Waals surface area contributed by atoms with Crippen LogP contribution in [0.2, 0.25) is 0 Å². The lowest BCUT2D eigenvalue weighted by atomic mass is 10.0. The fourth-order valence-corrected chi connectivity index (χ4v) is 5.53. The van der Waals surface area contributed by atoms with Crippen LogP contribution in [0.25, 0.3) is 20.8 Å². The van der Waals surface area contributed by atoms with Gasteiger partial charge in [0.15, 0.2) is 0 Å². The van der Waals surface area contributed by atoms with Gasteiger partial charge >= 0.3 is 6.18 Å². The fourth-order valence-electron chi connectivity index (χ4n) is 4.31. The Balaban J connectivity index is 1.54. The number of piperidine rings is 1. The summed E-state index contributed by atoms with van der Waals surface area (Å²) >= 11 is 1.07. The zero-order chi connectivity index (χ0) is 24.0. The number of fused-ring (bicyclic) bond motifs is 1. The summed E-state index contributed by atoms with van der Waals surface area (Å²) in [5, 5.41) is 22.5. The Kier molecular flexibility index (Phi) is 5.94. The molecule has 0 bridgehead atoms. The van der Waals surface area contributed by atoms with Crippen LogP contribution in [0.15, 0.2) is 22.7 Å². The Hall–Kier alpha value is -2.77. The number of aromatic nitrogens is 2. The number of aliphatic hydroxyl groups is 1. The number of nitrogens with one attached hydrogen (secondary N) is 3. The molecule has 2 aliphatic heterocycles. The Bertz CT molecular complexity index is 1210. The minimum absolute atomic E-state index is 0.00102. The molecule has 2 aliphatic rings. The van der Waals surface area contributed by atoms with E-state index in [-0.39, 0.29) is 35.1 Å². The molecular weight excluding hydrogens is 478 g/mol. The van der Waals surface area contributed by atoms with Crippen LogP contribution in [0.3, 0.4) is 0 Å². The number of alkyl halides is 4. The second-order valence-corrected chi connectivity index (χ2v) is 9.43. The van der Waals surface area contributed by atoms with Gasteiger partial charge in [-0.15, -0.1) is 11.3 Å². The molecule has 4 heterocycles. The number of nitrogens with zero attached hydrogens (tertiary/aromatic N) is 2. The number of aliphatic hydroxyl groups excluding tert-OH is 1. The zero-order valence-electron chi connectivity index (χ0n) is 17.7. The summed E-state index contributed by atoms with van der Waals surface area (Å²) in [7, 11) is 0. The lowest BCUT2D eigenvalue weighted by molar-refractivity contribution is -0.127. The highest BCUT2D eigenvalue weighted by molar-refractivity contribution is 7.23. The molecule has 0 unspecified atom stereocenters. The first-order valence-electron chi connectivity index (χ1n) is 10.7. The summed E-state index contributed by atoms with van der Waals surface area (Å²) in [5.74, 6) is -0.616. The van der Waals surface area contributed by atoms with Crippen molar-refractivity contribution >= 4 is 33.0 Å². The number of amides is 1. The number of carbonyl (C=O) groups is 1. The van der Waals surface area contributed by atoms with Gasteiger partial charge in [0.05, 0.1) is 27.7 Å². The SMILES string of the molecule is O=C1N[C@H](c2nc(-c3sc4c(N[C@@H]5CCNC[C@@H]5F)cccc4c3CC(F)(F)F)no2)C[C@H]1O. The molecule has 0 aliphatic carbocycles. The second-order valence-electron chi connectivity index (χ2n) is 8.41. The Morgan fingerprint density at radius 2 is 2.15 bits per heavy atom. The summed E-state index contributed by atoms with van der Waals surface area (Å²) < 4.78 is 60.6. The normalized spacial score (nSPS) is 25.6. The van der Waals surface area contributed by atoms with Crippen LogP contribution in [0, 0.1) is 0 Å². The number of thiophene rings is 1. The summed E-state index contributed by atoms with van der Waals surface area (Å²) in [6.45, 7) is 0.849. The quantitative estimate of drug-likeness (QED) is 0.399. The first-order chi connectivity index (χ1) is 16.2. The number of carbonyl (C=O) groups excluding carboxylic acids is 1. The van der Waals surface area contributed by atoms with Crippen LogP contribution in [-0.4, -0.2) is 58.7 Å². The maximum absolute atomic E-state index is 14.4. The average molecular weight is 499 g/mol. The average Bonchev–Trinajstić information content (AvgIpc) is 3.47. The van der Waals surface area contributed by atoms with Gasteiger partial charge in [0.25, 0.3) is 0 Å². The predicted molar refractivity (Wildman–Crippen MR) is 116 cm³/mol. The van der Waals surface area contributed by atoms with Crippen LogP contribution < -0.4 is 16.0 Å². The van der Waals surface area contributed by atoms with E-state index < -0.39 is 42.9 Å². The molecule has 1 aromatic carbocycles. The first kappa shape index (κ1) is 23.0. The number of rotatable bonds is 5. The topological polar surface area (TPSA) is 112 Å². The maximum Gasteiger partial charge on any atom is 0.393 e. The van der Waals surface area contributed by atoms with E-state index in [0.717, 1.165) is 11.3 Å². The van der Waals surface area contributed by atoms with Gasteiger partial charge in [-0.2, -0.15) is 18.2 Å². The van der Waals surface area contributed by atoms with E-state index in [1.54, 1.807) is 18.2 Å². The molecule has 4 atom stereocenters. The van der Waals surface area contributed by atoms with Crippen molar-refractivity contribution < 1.29 is 32.0 Å². The first-order valence-corrected chi connectivity index (χ1v) is 11.6. The number of anilines is 1. The third-order valence-electron chi connectivity index (χ3n) is 5.97. The molecule has 4 N–H and O–H groups in total. The van der Waals surface area contributed by atoms with E-state index in [9.17, 15) is 27.5 Å². The van der Waals surface area contributed by atoms with Crippen LogP contribution in [0.5, 0.6) is 0 Å². The monoisotopic (exact) mass is 499 g/mol. The number of hydrogen-bond acceptors (Lipinski definition) is 8. The van der Waals surface area contributed by atoms with E-state index in [0.29, 0.717) is 28.7 Å². The third-order valence-corrected chi connectivity index (χ3v) is 7.24. The number of hydrogen-bond donors (Lipinski definition) is 4. The highest BCUT2D eigenvalue weighted by atomic mass is 32.1. The van der Waals surface area contributed by atoms with Gasteiger partial charge in [0.1, 0.15) is 18.3 Å². The van der Waals surface area contributed by atoms with Gasteiger partial charge < -0.3 is 25.6 Å². The maximum atomic E-state index is 14.4. The van der Waals surface area contributed by atoms with Crippen molar-refractivity contribution in [2.45, 2.75) is 49.8 Å². The van der Waals surface area contributed by atoms with Crippen LogP contribution in [0.4, 0.5) is 23.2 Å². The van der Waals surface area contributed by atoms with Crippen molar-refractivity contribution in [2.75, 3.05) is 18.4 Å². The predicted octanol–water partition coefficient (Wildman–Crippen LogP) is 3.09. The van der Waals surface area contributed by atoms with Crippen molar-refractivity contribution in [1.29, 1.82) is 0 Å². The molecule has 5 rings (SSSR count). The molecule has 34 heavy (non-hydrogen) atoms. The highest BCUT2D eigenvalue weighted by Crippen LogP contribution is 2.44. The second kappa shape index (κ2) is 8.78. The van der Waals surface area contributed by atoms with Crippen molar-refractivity contribution in [1.82, 2.24) is 20.8 Å². The highest BCUT2D eigenvalue weighted by Gasteiger charge is 2.36. The van der Waals surface area contributed by atoms with Crippen molar-refractivity contribution in [3.8, 4) is 10.7 Å². The summed E-state index contributed by atoms with van der Waals surface area (Å²) in [6.07, 6.45) is -7.46. The van der Waals surface area contributed by atoms with Gasteiger partial charge in [-0.3, -0.25) is 4.79 Å². The van der Waals surface area contributed by atoms with Crippen LogP contribution >= 0.6 is 11.3 Å². The number of benzene rings is 1. The van der Waals surface area contributed by atoms with Gasteiger partial charge in [-0.1, -0.05) is 17.3 Å². The molecule has 0 spiro atoms. The molecule has 13 heteroatoms. The molecule has 2 fully saturated rings. The molecule has 1 amide bonds. The van der Waals surface area contributed by atoms with E-state index in [1.165, 1.54) is 0 Å². The molecule has 0 radical (unpaired) electrons. The molecule has 2 aromatic heterocycles. The largest absolute Gasteiger partial charge is 0.393 e. The lowest BCUT2D eigenvalue weighted by Gasteiger charge is -2.28. The molecule has 182 valence electrons. The van der Waals surface area contributed by atoms with Gasteiger partial charge in [-0.05, 0) is 30.0 Å². The molecule has 8 nitrogen and oxygen atoms in total. The summed E-state index contributed by atoms with van der Waals surface area (Å²) in [4.78, 5) is 16.0. The van der Waals surface area contributed by atoms with Crippen molar-refractivity contribution in [3.05, 3.63) is 29.7 Å².